The van der Waals surface area contributed by atoms with Crippen molar-refractivity contribution in [3.05, 3.63) is 72.8 Å². The lowest BCUT2D eigenvalue weighted by Gasteiger charge is -2.38. The minimum absolute atomic E-state index is 0.0723. The third-order valence-corrected chi connectivity index (χ3v) is 7.47. The maximum atomic E-state index is 6.47. The zero-order chi connectivity index (χ0) is 20.8. The fraction of sp³-hybridized carbons (Fsp3) is 0.227. The molecule has 5 rings (SSSR count). The quantitative estimate of drug-likeness (QED) is 0.371. The Morgan fingerprint density at radius 3 is 2.67 bits per heavy atom. The van der Waals surface area contributed by atoms with E-state index >= 15 is 0 Å². The van der Waals surface area contributed by atoms with Gasteiger partial charge in [0.1, 0.15) is 5.75 Å². The van der Waals surface area contributed by atoms with E-state index in [0.717, 1.165) is 42.1 Å². The van der Waals surface area contributed by atoms with Crippen LogP contribution >= 0.6 is 43.2 Å². The van der Waals surface area contributed by atoms with Gasteiger partial charge >= 0.3 is 0 Å². The first-order valence-electron chi connectivity index (χ1n) is 9.37. The van der Waals surface area contributed by atoms with Crippen molar-refractivity contribution in [3.63, 3.8) is 0 Å². The van der Waals surface area contributed by atoms with Crippen molar-refractivity contribution in [2.75, 3.05) is 14.2 Å². The highest BCUT2D eigenvalue weighted by atomic mass is 79.9. The highest BCUT2D eigenvalue weighted by Gasteiger charge is 2.42. The average Bonchev–Trinajstić information content (AvgIpc) is 3.39. The molecule has 2 atom stereocenters. The van der Waals surface area contributed by atoms with Gasteiger partial charge in [0.15, 0.2) is 11.5 Å². The number of ether oxygens (including phenoxy) is 3. The van der Waals surface area contributed by atoms with E-state index in [1.807, 2.05) is 30.3 Å². The minimum atomic E-state index is -0.422. The molecular formula is C22H18Br2N2O3S. The van der Waals surface area contributed by atoms with Gasteiger partial charge in [-0.3, -0.25) is 0 Å². The molecule has 3 heterocycles. The van der Waals surface area contributed by atoms with Crippen molar-refractivity contribution < 1.29 is 14.2 Å². The zero-order valence-electron chi connectivity index (χ0n) is 16.3. The van der Waals surface area contributed by atoms with Crippen LogP contribution in [0.5, 0.6) is 17.2 Å². The summed E-state index contributed by atoms with van der Waals surface area (Å²) in [4.78, 5) is 1.16. The third kappa shape index (κ3) is 3.31. The van der Waals surface area contributed by atoms with Crippen LogP contribution < -0.4 is 14.2 Å². The smallest absolute Gasteiger partial charge is 0.217 e. The molecule has 8 heteroatoms. The van der Waals surface area contributed by atoms with E-state index in [4.69, 9.17) is 19.3 Å². The van der Waals surface area contributed by atoms with Crippen LogP contribution in [0.25, 0.3) is 0 Å². The molecule has 3 aromatic rings. The summed E-state index contributed by atoms with van der Waals surface area (Å²) in [7, 11) is 3.29. The van der Waals surface area contributed by atoms with Gasteiger partial charge < -0.3 is 14.2 Å². The molecule has 0 spiro atoms. The van der Waals surface area contributed by atoms with Gasteiger partial charge in [-0.05, 0) is 58.4 Å². The monoisotopic (exact) mass is 548 g/mol. The highest BCUT2D eigenvalue weighted by molar-refractivity contribution is 9.11. The Hall–Kier alpha value is -2.03. The maximum absolute atomic E-state index is 6.47. The Labute approximate surface area is 195 Å². The van der Waals surface area contributed by atoms with Crippen LogP contribution in [0.1, 0.15) is 34.7 Å². The first-order chi connectivity index (χ1) is 14.6. The number of para-hydroxylation sites is 1. The summed E-state index contributed by atoms with van der Waals surface area (Å²) in [6.45, 7) is 0. The largest absolute Gasteiger partial charge is 0.493 e. The van der Waals surface area contributed by atoms with E-state index in [9.17, 15) is 0 Å². The molecule has 5 nitrogen and oxygen atoms in total. The second-order valence-corrected chi connectivity index (χ2v) is 10.4. The number of hydrogen-bond donors (Lipinski definition) is 0. The second kappa shape index (κ2) is 7.90. The number of fused-ring (bicyclic) bond motifs is 3. The van der Waals surface area contributed by atoms with Gasteiger partial charge in [-0.25, -0.2) is 5.01 Å². The van der Waals surface area contributed by atoms with Gasteiger partial charge in [-0.2, -0.15) is 5.10 Å². The van der Waals surface area contributed by atoms with Crippen LogP contribution in [0.3, 0.4) is 0 Å². The zero-order valence-corrected chi connectivity index (χ0v) is 20.3. The Bertz CT molecular complexity index is 1150. The van der Waals surface area contributed by atoms with Crippen LogP contribution in [0.2, 0.25) is 0 Å². The van der Waals surface area contributed by atoms with E-state index in [1.165, 1.54) is 0 Å². The van der Waals surface area contributed by atoms with Crippen LogP contribution in [0, 0.1) is 0 Å². The fourth-order valence-corrected chi connectivity index (χ4v) is 5.75. The maximum Gasteiger partial charge on any atom is 0.217 e. The van der Waals surface area contributed by atoms with Crippen molar-refractivity contribution in [3.8, 4) is 17.2 Å². The molecule has 0 saturated carbocycles. The normalized spacial score (nSPS) is 19.6. The van der Waals surface area contributed by atoms with Gasteiger partial charge in [0.2, 0.25) is 6.23 Å². The molecule has 0 aliphatic carbocycles. The summed E-state index contributed by atoms with van der Waals surface area (Å²) in [5.74, 6) is 2.19. The van der Waals surface area contributed by atoms with Crippen molar-refractivity contribution in [1.29, 1.82) is 0 Å². The molecule has 0 N–H and O–H groups in total. The summed E-state index contributed by atoms with van der Waals surface area (Å²) in [5, 5.41) is 7.06. The lowest BCUT2D eigenvalue weighted by Crippen LogP contribution is -2.34. The lowest BCUT2D eigenvalue weighted by atomic mass is 9.97. The molecule has 0 bridgehead atoms. The van der Waals surface area contributed by atoms with E-state index in [2.05, 4.69) is 55.1 Å². The molecule has 0 saturated heterocycles. The van der Waals surface area contributed by atoms with Crippen LogP contribution in [0.4, 0.5) is 0 Å². The standard InChI is InChI=1S/C22H18Br2N2O3S/c1-27-18-5-3-4-13(21(18)28-2)22-26-16(14-10-12(23)6-7-17(14)29-22)11-15(25-26)19-8-9-20(24)30-19/h3-10,16,22H,11H2,1-2H3/t16-,22+/m1/s1. The SMILES string of the molecule is COc1cccc([C@@H]2Oc3ccc(Br)cc3[C@H]3CC(c4ccc(Br)s4)=NN32)c1OC. The average molecular weight is 550 g/mol. The number of benzene rings is 2. The molecular weight excluding hydrogens is 532 g/mol. The molecule has 2 aliphatic heterocycles. The van der Waals surface area contributed by atoms with Gasteiger partial charge in [-0.1, -0.05) is 22.0 Å². The summed E-state index contributed by atoms with van der Waals surface area (Å²) < 4.78 is 19.8. The molecule has 30 heavy (non-hydrogen) atoms. The number of nitrogens with zero attached hydrogens (tertiary/aromatic N) is 2. The molecule has 2 aromatic carbocycles. The van der Waals surface area contributed by atoms with Gasteiger partial charge in [-0.15, -0.1) is 11.3 Å². The minimum Gasteiger partial charge on any atom is -0.493 e. The number of thiophene rings is 1. The summed E-state index contributed by atoms with van der Waals surface area (Å²) in [6, 6.07) is 16.2. The first-order valence-corrected chi connectivity index (χ1v) is 11.8. The van der Waals surface area contributed by atoms with E-state index in [1.54, 1.807) is 25.6 Å². The second-order valence-electron chi connectivity index (χ2n) is 6.99. The molecule has 0 radical (unpaired) electrons. The molecule has 2 aliphatic rings. The molecule has 0 fully saturated rings. The number of halogens is 2. The third-order valence-electron chi connectivity index (χ3n) is 5.31. The molecule has 0 unspecified atom stereocenters. The Kier molecular flexibility index (Phi) is 5.24. The van der Waals surface area contributed by atoms with E-state index in [-0.39, 0.29) is 6.04 Å². The van der Waals surface area contributed by atoms with E-state index in [0.29, 0.717) is 11.5 Å². The Morgan fingerprint density at radius 2 is 1.93 bits per heavy atom. The molecule has 0 amide bonds. The topological polar surface area (TPSA) is 43.3 Å². The first kappa shape index (κ1) is 19.9. The van der Waals surface area contributed by atoms with Gasteiger partial charge in [0.25, 0.3) is 0 Å². The number of rotatable bonds is 4. The number of hydrazone groups is 1. The van der Waals surface area contributed by atoms with Crippen molar-refractivity contribution in [1.82, 2.24) is 5.01 Å². The van der Waals surface area contributed by atoms with Crippen LogP contribution in [-0.4, -0.2) is 24.9 Å². The summed E-state index contributed by atoms with van der Waals surface area (Å²) in [6.07, 6.45) is 0.386. The van der Waals surface area contributed by atoms with Crippen LogP contribution in [-0.2, 0) is 0 Å². The van der Waals surface area contributed by atoms with Crippen molar-refractivity contribution >= 4 is 48.9 Å². The number of methoxy groups -OCH3 is 2. The van der Waals surface area contributed by atoms with E-state index < -0.39 is 6.23 Å². The van der Waals surface area contributed by atoms with Crippen molar-refractivity contribution in [2.24, 2.45) is 5.10 Å². The Morgan fingerprint density at radius 1 is 1.07 bits per heavy atom. The number of hydrogen-bond acceptors (Lipinski definition) is 6. The van der Waals surface area contributed by atoms with Gasteiger partial charge in [0, 0.05) is 16.5 Å². The lowest BCUT2D eigenvalue weighted by molar-refractivity contribution is -0.0205. The highest BCUT2D eigenvalue weighted by Crippen LogP contribution is 2.50. The van der Waals surface area contributed by atoms with Gasteiger partial charge in [0.05, 0.1) is 40.2 Å². The fourth-order valence-electron chi connectivity index (χ4n) is 3.99. The van der Waals surface area contributed by atoms with Crippen LogP contribution in [0.15, 0.2) is 61.9 Å². The summed E-state index contributed by atoms with van der Waals surface area (Å²) >= 11 is 8.85. The molecule has 154 valence electrons. The van der Waals surface area contributed by atoms with Crippen molar-refractivity contribution in [2.45, 2.75) is 18.7 Å². The predicted octanol–water partition coefficient (Wildman–Crippen LogP) is 6.53. The molecule has 1 aromatic heterocycles. The summed E-state index contributed by atoms with van der Waals surface area (Å²) in [5.41, 5.74) is 3.06. The Balaban J connectivity index is 1.64. The predicted molar refractivity (Wildman–Crippen MR) is 125 cm³/mol.